The fourth-order valence-electron chi connectivity index (χ4n) is 2.02. The topological polar surface area (TPSA) is 55.8 Å². The summed E-state index contributed by atoms with van der Waals surface area (Å²) in [5, 5.41) is 9.10. The highest BCUT2D eigenvalue weighted by molar-refractivity contribution is 5.95. The van der Waals surface area contributed by atoms with E-state index in [4.69, 9.17) is 14.6 Å². The molecule has 0 radical (unpaired) electrons. The Morgan fingerprint density at radius 1 is 0.952 bits per heavy atom. The highest BCUT2D eigenvalue weighted by Crippen LogP contribution is 2.27. The third kappa shape index (κ3) is 3.63. The number of methoxy groups -OCH3 is 2. The molecule has 108 valence electrons. The first-order valence-corrected chi connectivity index (χ1v) is 6.37. The second-order valence-corrected chi connectivity index (χ2v) is 4.36. The van der Waals surface area contributed by atoms with E-state index >= 15 is 0 Å². The molecule has 0 heterocycles. The van der Waals surface area contributed by atoms with Crippen molar-refractivity contribution in [3.63, 3.8) is 0 Å². The number of rotatable bonds is 5. The van der Waals surface area contributed by atoms with E-state index < -0.39 is 5.97 Å². The van der Waals surface area contributed by atoms with Crippen molar-refractivity contribution in [3.05, 3.63) is 65.7 Å². The largest absolute Gasteiger partial charge is 0.497 e. The van der Waals surface area contributed by atoms with Gasteiger partial charge in [0, 0.05) is 6.08 Å². The quantitative estimate of drug-likeness (QED) is 0.856. The first-order chi connectivity index (χ1) is 10.1. The van der Waals surface area contributed by atoms with E-state index in [2.05, 4.69) is 0 Å². The van der Waals surface area contributed by atoms with Gasteiger partial charge in [0.1, 0.15) is 11.5 Å². The zero-order chi connectivity index (χ0) is 15.2. The van der Waals surface area contributed by atoms with Crippen molar-refractivity contribution in [2.24, 2.45) is 0 Å². The summed E-state index contributed by atoms with van der Waals surface area (Å²) in [5.41, 5.74) is 2.19. The van der Waals surface area contributed by atoms with Crippen molar-refractivity contribution in [2.45, 2.75) is 0 Å². The van der Waals surface area contributed by atoms with Crippen LogP contribution in [0.25, 0.3) is 5.57 Å². The van der Waals surface area contributed by atoms with Crippen molar-refractivity contribution in [2.75, 3.05) is 14.2 Å². The van der Waals surface area contributed by atoms with Gasteiger partial charge >= 0.3 is 5.97 Å². The molecule has 0 amide bonds. The summed E-state index contributed by atoms with van der Waals surface area (Å²) in [6.07, 6.45) is 1.19. The molecule has 0 aliphatic heterocycles. The molecule has 4 nitrogen and oxygen atoms in total. The van der Waals surface area contributed by atoms with Gasteiger partial charge in [-0.15, -0.1) is 0 Å². The summed E-state index contributed by atoms with van der Waals surface area (Å²) < 4.78 is 10.3. The van der Waals surface area contributed by atoms with E-state index in [9.17, 15) is 4.79 Å². The molecule has 21 heavy (non-hydrogen) atoms. The van der Waals surface area contributed by atoms with Gasteiger partial charge in [-0.05, 0) is 41.0 Å². The molecule has 0 unspecified atom stereocenters. The zero-order valence-corrected chi connectivity index (χ0v) is 11.9. The number of hydrogen-bond acceptors (Lipinski definition) is 3. The van der Waals surface area contributed by atoms with Crippen LogP contribution >= 0.6 is 0 Å². The molecule has 1 N–H and O–H groups in total. The molecule has 2 aromatic carbocycles. The Morgan fingerprint density at radius 3 is 2.19 bits per heavy atom. The number of hydrogen-bond donors (Lipinski definition) is 1. The molecule has 0 spiro atoms. The van der Waals surface area contributed by atoms with Gasteiger partial charge in [0.2, 0.25) is 0 Å². The first-order valence-electron chi connectivity index (χ1n) is 6.37. The van der Waals surface area contributed by atoms with Gasteiger partial charge in [-0.2, -0.15) is 0 Å². The number of carboxylic acid groups (broad SMARTS) is 1. The Kier molecular flexibility index (Phi) is 4.61. The molecular weight excluding hydrogens is 268 g/mol. The lowest BCUT2D eigenvalue weighted by Gasteiger charge is -2.10. The third-order valence-electron chi connectivity index (χ3n) is 3.05. The van der Waals surface area contributed by atoms with Crippen LogP contribution in [-0.2, 0) is 4.79 Å². The molecule has 4 heteroatoms. The van der Waals surface area contributed by atoms with Gasteiger partial charge < -0.3 is 14.6 Å². The normalized spacial score (nSPS) is 11.0. The maximum atomic E-state index is 11.1. The molecule has 2 aromatic rings. The summed E-state index contributed by atoms with van der Waals surface area (Å²) in [6, 6.07) is 14.5. The number of carboxylic acids is 1. The zero-order valence-electron chi connectivity index (χ0n) is 11.9. The Labute approximate surface area is 123 Å². The smallest absolute Gasteiger partial charge is 0.328 e. The molecule has 0 bridgehead atoms. The molecule has 0 aromatic heterocycles. The van der Waals surface area contributed by atoms with Crippen LogP contribution in [0.15, 0.2) is 54.6 Å². The summed E-state index contributed by atoms with van der Waals surface area (Å²) in [6.45, 7) is 0. The van der Waals surface area contributed by atoms with Crippen LogP contribution in [0.5, 0.6) is 11.5 Å². The molecule has 0 atom stereocenters. The molecular formula is C17H16O4. The Hall–Kier alpha value is -2.75. The number of aliphatic carboxylic acids is 1. The minimum Gasteiger partial charge on any atom is -0.497 e. The maximum absolute atomic E-state index is 11.1. The van der Waals surface area contributed by atoms with Gasteiger partial charge in [-0.25, -0.2) is 4.79 Å². The van der Waals surface area contributed by atoms with E-state index in [1.165, 1.54) is 6.08 Å². The van der Waals surface area contributed by atoms with Gasteiger partial charge in [-0.3, -0.25) is 0 Å². The Morgan fingerprint density at radius 2 is 1.62 bits per heavy atom. The summed E-state index contributed by atoms with van der Waals surface area (Å²) in [7, 11) is 3.16. The van der Waals surface area contributed by atoms with E-state index in [0.717, 1.165) is 16.9 Å². The van der Waals surface area contributed by atoms with Crippen LogP contribution in [0, 0.1) is 0 Å². The fraction of sp³-hybridized carbons (Fsp3) is 0.118. The van der Waals surface area contributed by atoms with E-state index in [0.29, 0.717) is 11.3 Å². The van der Waals surface area contributed by atoms with Crippen LogP contribution in [-0.4, -0.2) is 25.3 Å². The van der Waals surface area contributed by atoms with Crippen molar-refractivity contribution in [3.8, 4) is 11.5 Å². The predicted molar refractivity (Wildman–Crippen MR) is 80.7 cm³/mol. The second-order valence-electron chi connectivity index (χ2n) is 4.36. The minimum atomic E-state index is -0.997. The van der Waals surface area contributed by atoms with Crippen LogP contribution in [0.2, 0.25) is 0 Å². The first kappa shape index (κ1) is 14.7. The number of benzene rings is 2. The Balaban J connectivity index is 2.49. The van der Waals surface area contributed by atoms with Crippen LogP contribution in [0.4, 0.5) is 0 Å². The molecule has 0 saturated carbocycles. The van der Waals surface area contributed by atoms with E-state index in [-0.39, 0.29) is 0 Å². The van der Waals surface area contributed by atoms with Crippen LogP contribution < -0.4 is 9.47 Å². The Bertz CT molecular complexity index is 657. The van der Waals surface area contributed by atoms with Crippen molar-refractivity contribution in [1.29, 1.82) is 0 Å². The standard InChI is InChI=1S/C17H16O4/c1-20-14-8-6-12(7-9-14)16(11-17(18)19)13-4-3-5-15(10-13)21-2/h3-11H,1-2H3,(H,18,19)/b16-11-. The summed E-state index contributed by atoms with van der Waals surface area (Å²) in [5.74, 6) is 0.403. The average Bonchev–Trinajstić information content (AvgIpc) is 2.52. The van der Waals surface area contributed by atoms with Crippen molar-refractivity contribution in [1.82, 2.24) is 0 Å². The summed E-state index contributed by atoms with van der Waals surface area (Å²) >= 11 is 0. The average molecular weight is 284 g/mol. The van der Waals surface area contributed by atoms with Crippen molar-refractivity contribution >= 4 is 11.5 Å². The SMILES string of the molecule is COc1ccc(/C(=C/C(=O)O)c2cccc(OC)c2)cc1. The lowest BCUT2D eigenvalue weighted by Crippen LogP contribution is -1.95. The van der Waals surface area contributed by atoms with Gasteiger partial charge in [0.05, 0.1) is 14.2 Å². The number of carbonyl (C=O) groups is 1. The van der Waals surface area contributed by atoms with Crippen molar-refractivity contribution < 1.29 is 19.4 Å². The van der Waals surface area contributed by atoms with Gasteiger partial charge in [0.15, 0.2) is 0 Å². The monoisotopic (exact) mass is 284 g/mol. The van der Waals surface area contributed by atoms with Gasteiger partial charge in [-0.1, -0.05) is 24.3 Å². The van der Waals surface area contributed by atoms with E-state index in [1.54, 1.807) is 32.4 Å². The fourth-order valence-corrected chi connectivity index (χ4v) is 2.02. The third-order valence-corrected chi connectivity index (χ3v) is 3.05. The van der Waals surface area contributed by atoms with Gasteiger partial charge in [0.25, 0.3) is 0 Å². The molecule has 2 rings (SSSR count). The molecule has 0 saturated heterocycles. The maximum Gasteiger partial charge on any atom is 0.328 e. The highest BCUT2D eigenvalue weighted by atomic mass is 16.5. The predicted octanol–water partition coefficient (Wildman–Crippen LogP) is 3.22. The second kappa shape index (κ2) is 6.61. The summed E-state index contributed by atoms with van der Waals surface area (Å²) in [4.78, 5) is 11.1. The van der Waals surface area contributed by atoms with E-state index in [1.807, 2.05) is 30.3 Å². The number of ether oxygens (including phenoxy) is 2. The molecule has 0 aliphatic rings. The lowest BCUT2D eigenvalue weighted by molar-refractivity contribution is -0.131. The minimum absolute atomic E-state index is 0.615. The van der Waals surface area contributed by atoms with Crippen LogP contribution in [0.1, 0.15) is 11.1 Å². The van der Waals surface area contributed by atoms with Crippen LogP contribution in [0.3, 0.4) is 0 Å². The highest BCUT2D eigenvalue weighted by Gasteiger charge is 2.09. The molecule has 0 fully saturated rings. The lowest BCUT2D eigenvalue weighted by atomic mass is 9.97. The molecule has 0 aliphatic carbocycles.